The van der Waals surface area contributed by atoms with Crippen molar-refractivity contribution in [3.8, 4) is 5.75 Å². The summed E-state index contributed by atoms with van der Waals surface area (Å²) in [5.74, 6) is 0.390. The van der Waals surface area contributed by atoms with Crippen molar-refractivity contribution in [3.63, 3.8) is 0 Å². The smallest absolute Gasteiger partial charge is 0.322 e. The number of hydrogen-bond acceptors (Lipinski definition) is 3. The lowest BCUT2D eigenvalue weighted by atomic mass is 10.2. The number of rotatable bonds is 4. The predicted molar refractivity (Wildman–Crippen MR) is 103 cm³/mol. The summed E-state index contributed by atoms with van der Waals surface area (Å²) in [6.45, 7) is 3.62. The van der Waals surface area contributed by atoms with Gasteiger partial charge in [0.25, 0.3) is 0 Å². The van der Waals surface area contributed by atoms with E-state index in [1.165, 1.54) is 11.6 Å². The number of benzene rings is 2. The van der Waals surface area contributed by atoms with Gasteiger partial charge in [-0.2, -0.15) is 0 Å². The molecule has 1 N–H and O–H groups in total. The van der Waals surface area contributed by atoms with Crippen molar-refractivity contribution in [3.05, 3.63) is 58.3 Å². The van der Waals surface area contributed by atoms with E-state index in [2.05, 4.69) is 26.1 Å². The van der Waals surface area contributed by atoms with Crippen LogP contribution in [-0.2, 0) is 6.54 Å². The van der Waals surface area contributed by atoms with Crippen LogP contribution in [0.1, 0.15) is 5.56 Å². The normalized spacial score (nSPS) is 15.0. The second-order valence-electron chi connectivity index (χ2n) is 6.17. The number of piperazine rings is 1. The minimum atomic E-state index is -0.453. The first-order chi connectivity index (χ1) is 12.5. The second kappa shape index (κ2) is 8.51. The molecule has 0 aromatic heterocycles. The standard InChI is InChI=1S/C19H21BrFN3O2/c1-26-16-5-2-14(3-6-16)13-23-8-10-24(11-9-23)19(25)22-18-7-4-15(20)12-17(18)21/h2-7,12H,8-11,13H2,1H3,(H,22,25). The average molecular weight is 422 g/mol. The number of carbonyl (C=O) groups excluding carboxylic acids is 1. The molecule has 5 nitrogen and oxygen atoms in total. The van der Waals surface area contributed by atoms with Crippen LogP contribution in [0.4, 0.5) is 14.9 Å². The van der Waals surface area contributed by atoms with Gasteiger partial charge in [0.05, 0.1) is 12.8 Å². The van der Waals surface area contributed by atoms with E-state index in [0.29, 0.717) is 17.6 Å². The quantitative estimate of drug-likeness (QED) is 0.812. The Morgan fingerprint density at radius 1 is 1.15 bits per heavy atom. The van der Waals surface area contributed by atoms with E-state index in [0.717, 1.165) is 25.4 Å². The molecule has 3 rings (SSSR count). The summed E-state index contributed by atoms with van der Waals surface area (Å²) >= 11 is 3.21. The Morgan fingerprint density at radius 2 is 1.85 bits per heavy atom. The van der Waals surface area contributed by atoms with Crippen LogP contribution in [0.25, 0.3) is 0 Å². The summed E-state index contributed by atoms with van der Waals surface area (Å²) in [6, 6.07) is 12.3. The van der Waals surface area contributed by atoms with Gasteiger partial charge in [-0.15, -0.1) is 0 Å². The van der Waals surface area contributed by atoms with Crippen LogP contribution in [0.15, 0.2) is 46.9 Å². The number of anilines is 1. The third-order valence-electron chi connectivity index (χ3n) is 4.40. The van der Waals surface area contributed by atoms with E-state index in [9.17, 15) is 9.18 Å². The molecule has 0 saturated carbocycles. The first kappa shape index (κ1) is 18.7. The van der Waals surface area contributed by atoms with Crippen LogP contribution in [0.3, 0.4) is 0 Å². The van der Waals surface area contributed by atoms with Crippen LogP contribution in [0, 0.1) is 5.82 Å². The van der Waals surface area contributed by atoms with Gasteiger partial charge in [0.2, 0.25) is 0 Å². The molecule has 138 valence electrons. The summed E-state index contributed by atoms with van der Waals surface area (Å²) < 4.78 is 19.7. The maximum absolute atomic E-state index is 13.9. The fourth-order valence-corrected chi connectivity index (χ4v) is 3.22. The molecule has 0 radical (unpaired) electrons. The fraction of sp³-hybridized carbons (Fsp3) is 0.316. The third-order valence-corrected chi connectivity index (χ3v) is 4.89. The van der Waals surface area contributed by atoms with Gasteiger partial charge >= 0.3 is 6.03 Å². The van der Waals surface area contributed by atoms with E-state index in [1.807, 2.05) is 24.3 Å². The lowest BCUT2D eigenvalue weighted by Gasteiger charge is -2.34. The molecular weight excluding hydrogens is 401 g/mol. The van der Waals surface area contributed by atoms with Gasteiger partial charge in [-0.1, -0.05) is 28.1 Å². The Hall–Kier alpha value is -2.12. The van der Waals surface area contributed by atoms with Gasteiger partial charge in [0, 0.05) is 37.2 Å². The fourth-order valence-electron chi connectivity index (χ4n) is 2.88. The molecule has 26 heavy (non-hydrogen) atoms. The van der Waals surface area contributed by atoms with E-state index in [4.69, 9.17) is 4.74 Å². The number of urea groups is 1. The lowest BCUT2D eigenvalue weighted by Crippen LogP contribution is -2.49. The van der Waals surface area contributed by atoms with Gasteiger partial charge in [0.15, 0.2) is 0 Å². The Balaban J connectivity index is 1.50. The van der Waals surface area contributed by atoms with Crippen molar-refractivity contribution in [2.45, 2.75) is 6.54 Å². The number of hydrogen-bond donors (Lipinski definition) is 1. The SMILES string of the molecule is COc1ccc(CN2CCN(C(=O)Nc3ccc(Br)cc3F)CC2)cc1. The monoisotopic (exact) mass is 421 g/mol. The first-order valence-corrected chi connectivity index (χ1v) is 9.21. The molecule has 2 aromatic carbocycles. The van der Waals surface area contributed by atoms with Crippen LogP contribution in [0.2, 0.25) is 0 Å². The number of carbonyl (C=O) groups is 1. The van der Waals surface area contributed by atoms with Crippen molar-refractivity contribution in [2.24, 2.45) is 0 Å². The van der Waals surface area contributed by atoms with Gasteiger partial charge in [0.1, 0.15) is 11.6 Å². The highest BCUT2D eigenvalue weighted by Crippen LogP contribution is 2.20. The molecule has 1 aliphatic heterocycles. The Kier molecular flexibility index (Phi) is 6.11. The molecule has 1 fully saturated rings. The molecule has 1 saturated heterocycles. The lowest BCUT2D eigenvalue weighted by molar-refractivity contribution is 0.143. The van der Waals surface area contributed by atoms with Crippen molar-refractivity contribution in [1.82, 2.24) is 9.80 Å². The summed E-state index contributed by atoms with van der Waals surface area (Å²) in [4.78, 5) is 16.4. The molecule has 2 aromatic rings. The zero-order valence-electron chi connectivity index (χ0n) is 14.5. The minimum absolute atomic E-state index is 0.193. The Bertz CT molecular complexity index is 762. The van der Waals surface area contributed by atoms with E-state index >= 15 is 0 Å². The van der Waals surface area contributed by atoms with Crippen LogP contribution in [0.5, 0.6) is 5.75 Å². The molecule has 1 heterocycles. The maximum Gasteiger partial charge on any atom is 0.322 e. The van der Waals surface area contributed by atoms with E-state index in [-0.39, 0.29) is 11.7 Å². The molecule has 0 aliphatic carbocycles. The molecule has 0 unspecified atom stereocenters. The number of methoxy groups -OCH3 is 1. The van der Waals surface area contributed by atoms with E-state index in [1.54, 1.807) is 24.1 Å². The van der Waals surface area contributed by atoms with Crippen molar-refractivity contribution in [1.29, 1.82) is 0 Å². The molecular formula is C19H21BrFN3O2. The predicted octanol–water partition coefficient (Wildman–Crippen LogP) is 3.95. The van der Waals surface area contributed by atoms with Gasteiger partial charge in [-0.25, -0.2) is 9.18 Å². The van der Waals surface area contributed by atoms with Crippen molar-refractivity contribution >= 4 is 27.6 Å². The number of nitrogens with zero attached hydrogens (tertiary/aromatic N) is 2. The van der Waals surface area contributed by atoms with Crippen LogP contribution in [-0.4, -0.2) is 49.1 Å². The maximum atomic E-state index is 13.9. The van der Waals surface area contributed by atoms with Gasteiger partial charge in [-0.3, -0.25) is 4.90 Å². The number of ether oxygens (including phenoxy) is 1. The third kappa shape index (κ3) is 4.74. The molecule has 2 amide bonds. The van der Waals surface area contributed by atoms with Gasteiger partial charge < -0.3 is 15.0 Å². The molecule has 0 spiro atoms. The summed E-state index contributed by atoms with van der Waals surface area (Å²) in [5.41, 5.74) is 1.40. The topological polar surface area (TPSA) is 44.8 Å². The van der Waals surface area contributed by atoms with E-state index < -0.39 is 5.82 Å². The number of nitrogens with one attached hydrogen (secondary N) is 1. The van der Waals surface area contributed by atoms with Crippen molar-refractivity contribution < 1.29 is 13.9 Å². The van der Waals surface area contributed by atoms with Crippen molar-refractivity contribution in [2.75, 3.05) is 38.6 Å². The molecule has 0 atom stereocenters. The Labute approximate surface area is 160 Å². The Morgan fingerprint density at radius 3 is 2.46 bits per heavy atom. The zero-order valence-corrected chi connectivity index (χ0v) is 16.1. The highest BCUT2D eigenvalue weighted by Gasteiger charge is 2.21. The second-order valence-corrected chi connectivity index (χ2v) is 7.08. The summed E-state index contributed by atoms with van der Waals surface area (Å²) in [6.07, 6.45) is 0. The molecule has 0 bridgehead atoms. The summed E-state index contributed by atoms with van der Waals surface area (Å²) in [7, 11) is 1.65. The molecule has 1 aliphatic rings. The number of halogens is 2. The summed E-state index contributed by atoms with van der Waals surface area (Å²) in [5, 5.41) is 2.64. The van der Waals surface area contributed by atoms with Crippen LogP contribution < -0.4 is 10.1 Å². The largest absolute Gasteiger partial charge is 0.497 e. The first-order valence-electron chi connectivity index (χ1n) is 8.41. The minimum Gasteiger partial charge on any atom is -0.497 e. The van der Waals surface area contributed by atoms with Crippen LogP contribution >= 0.6 is 15.9 Å². The number of amides is 2. The highest BCUT2D eigenvalue weighted by molar-refractivity contribution is 9.10. The van der Waals surface area contributed by atoms with Gasteiger partial charge in [-0.05, 0) is 35.9 Å². The zero-order chi connectivity index (χ0) is 18.5. The average Bonchev–Trinajstić information content (AvgIpc) is 2.65. The molecule has 7 heteroatoms. The highest BCUT2D eigenvalue weighted by atomic mass is 79.9.